The van der Waals surface area contributed by atoms with E-state index in [2.05, 4.69) is 16.9 Å². The molecule has 7 heteroatoms. The summed E-state index contributed by atoms with van der Waals surface area (Å²) in [6, 6.07) is 16.7. The van der Waals surface area contributed by atoms with Crippen LogP contribution in [0.4, 0.5) is 5.13 Å². The third-order valence-electron chi connectivity index (χ3n) is 4.01. The summed E-state index contributed by atoms with van der Waals surface area (Å²) in [6.45, 7) is 3.96. The molecule has 0 saturated carbocycles. The minimum atomic E-state index is -0.530. The topological polar surface area (TPSA) is 84.2 Å². The molecule has 150 valence electrons. The molecule has 0 aliphatic heterocycles. The molecule has 30 heavy (non-hydrogen) atoms. The Bertz CT molecular complexity index is 1110. The summed E-state index contributed by atoms with van der Waals surface area (Å²) >= 11 is 1.30. The van der Waals surface area contributed by atoms with Gasteiger partial charge in [0.2, 0.25) is 0 Å². The molecule has 2 aromatic carbocycles. The van der Waals surface area contributed by atoms with Gasteiger partial charge in [0.25, 0.3) is 5.91 Å². The number of benzene rings is 2. The van der Waals surface area contributed by atoms with Gasteiger partial charge in [0.05, 0.1) is 12.8 Å². The van der Waals surface area contributed by atoms with Crippen molar-refractivity contribution >= 4 is 28.5 Å². The molecule has 0 fully saturated rings. The predicted octanol–water partition coefficient (Wildman–Crippen LogP) is 4.93. The Balaban J connectivity index is 1.76. The molecular weight excluding hydrogens is 398 g/mol. The summed E-state index contributed by atoms with van der Waals surface area (Å²) in [6.07, 6.45) is 3.12. The number of nitriles is 1. The van der Waals surface area contributed by atoms with Gasteiger partial charge in [-0.05, 0) is 23.8 Å². The molecule has 0 aliphatic carbocycles. The number of carbonyl (C=O) groups is 1. The Morgan fingerprint density at radius 3 is 2.77 bits per heavy atom. The highest BCUT2D eigenvalue weighted by Gasteiger charge is 2.13. The summed E-state index contributed by atoms with van der Waals surface area (Å²) in [7, 11) is 1.52. The second kappa shape index (κ2) is 10.0. The zero-order chi connectivity index (χ0) is 21.3. The van der Waals surface area contributed by atoms with Crippen LogP contribution in [0.15, 0.2) is 72.1 Å². The third kappa shape index (κ3) is 5.13. The maximum Gasteiger partial charge on any atom is 0.268 e. The summed E-state index contributed by atoms with van der Waals surface area (Å²) in [4.78, 5) is 17.0. The Kier molecular flexibility index (Phi) is 6.98. The van der Waals surface area contributed by atoms with Crippen LogP contribution in [0.25, 0.3) is 17.3 Å². The van der Waals surface area contributed by atoms with Crippen LogP contribution in [0.3, 0.4) is 0 Å². The number of ether oxygens (including phenoxy) is 2. The number of aromatic nitrogens is 1. The number of hydrogen-bond donors (Lipinski definition) is 1. The fraction of sp³-hybridized carbons (Fsp3) is 0.0870. The van der Waals surface area contributed by atoms with Crippen molar-refractivity contribution in [3.8, 4) is 28.8 Å². The van der Waals surface area contributed by atoms with Crippen LogP contribution in [-0.4, -0.2) is 24.6 Å². The first kappa shape index (κ1) is 20.8. The van der Waals surface area contributed by atoms with Crippen LogP contribution in [0.1, 0.15) is 5.56 Å². The molecule has 0 atom stereocenters. The highest BCUT2D eigenvalue weighted by molar-refractivity contribution is 7.14. The molecule has 1 N–H and O–H groups in total. The standard InChI is InChI=1S/C23H19N3O3S/c1-3-11-29-20-10-9-16(13-21(20)28-2)12-18(14-24)22(27)26-23-25-19(15-30-23)17-7-5-4-6-8-17/h3-10,12-13,15H,1,11H2,2H3,(H,25,26,27)/b18-12-. The molecule has 0 radical (unpaired) electrons. The molecule has 3 aromatic rings. The second-order valence-corrected chi connectivity index (χ2v) is 6.90. The number of nitrogens with zero attached hydrogens (tertiary/aromatic N) is 2. The van der Waals surface area contributed by atoms with E-state index in [4.69, 9.17) is 9.47 Å². The van der Waals surface area contributed by atoms with Crippen molar-refractivity contribution in [1.29, 1.82) is 5.26 Å². The molecule has 1 amide bonds. The number of hydrogen-bond acceptors (Lipinski definition) is 6. The molecule has 0 aliphatic rings. The zero-order valence-electron chi connectivity index (χ0n) is 16.3. The number of nitrogens with one attached hydrogen (secondary N) is 1. The normalized spacial score (nSPS) is 10.7. The van der Waals surface area contributed by atoms with Crippen molar-refractivity contribution in [2.45, 2.75) is 0 Å². The number of anilines is 1. The van der Waals surface area contributed by atoms with Crippen molar-refractivity contribution in [1.82, 2.24) is 4.98 Å². The monoisotopic (exact) mass is 417 g/mol. The predicted molar refractivity (Wildman–Crippen MR) is 118 cm³/mol. The molecule has 0 spiro atoms. The van der Waals surface area contributed by atoms with E-state index in [9.17, 15) is 10.1 Å². The minimum Gasteiger partial charge on any atom is -0.493 e. The lowest BCUT2D eigenvalue weighted by molar-refractivity contribution is -0.112. The van der Waals surface area contributed by atoms with Crippen LogP contribution in [-0.2, 0) is 4.79 Å². The molecule has 0 unspecified atom stereocenters. The Labute approximate surface area is 178 Å². The van der Waals surface area contributed by atoms with Gasteiger partial charge >= 0.3 is 0 Å². The van der Waals surface area contributed by atoms with E-state index in [0.29, 0.717) is 28.8 Å². The van der Waals surface area contributed by atoms with Gasteiger partial charge in [-0.1, -0.05) is 49.1 Å². The molecule has 0 saturated heterocycles. The van der Waals surface area contributed by atoms with E-state index in [1.165, 1.54) is 24.5 Å². The van der Waals surface area contributed by atoms with Crippen molar-refractivity contribution < 1.29 is 14.3 Å². The van der Waals surface area contributed by atoms with E-state index < -0.39 is 5.91 Å². The van der Waals surface area contributed by atoms with Crippen molar-refractivity contribution in [2.24, 2.45) is 0 Å². The number of carbonyl (C=O) groups excluding carboxylic acids is 1. The second-order valence-electron chi connectivity index (χ2n) is 6.04. The highest BCUT2D eigenvalue weighted by Crippen LogP contribution is 2.29. The first-order valence-electron chi connectivity index (χ1n) is 9.00. The van der Waals surface area contributed by atoms with Crippen molar-refractivity contribution in [3.63, 3.8) is 0 Å². The number of rotatable bonds is 8. The largest absolute Gasteiger partial charge is 0.493 e. The fourth-order valence-electron chi connectivity index (χ4n) is 2.59. The maximum absolute atomic E-state index is 12.6. The van der Waals surface area contributed by atoms with Crippen LogP contribution < -0.4 is 14.8 Å². The quantitative estimate of drug-likeness (QED) is 0.319. The molecular formula is C23H19N3O3S. The molecule has 0 bridgehead atoms. The van der Waals surface area contributed by atoms with Crippen LogP contribution in [0, 0.1) is 11.3 Å². The highest BCUT2D eigenvalue weighted by atomic mass is 32.1. The lowest BCUT2D eigenvalue weighted by Gasteiger charge is -2.10. The zero-order valence-corrected chi connectivity index (χ0v) is 17.1. The van der Waals surface area contributed by atoms with Gasteiger partial charge < -0.3 is 9.47 Å². The summed E-state index contributed by atoms with van der Waals surface area (Å²) < 4.78 is 10.8. The Morgan fingerprint density at radius 1 is 1.27 bits per heavy atom. The Hall–Kier alpha value is -3.89. The number of methoxy groups -OCH3 is 1. The first-order chi connectivity index (χ1) is 14.6. The van der Waals surface area contributed by atoms with Crippen molar-refractivity contribution in [2.75, 3.05) is 19.0 Å². The van der Waals surface area contributed by atoms with E-state index in [0.717, 1.165) is 11.3 Å². The number of thiazole rings is 1. The lowest BCUT2D eigenvalue weighted by Crippen LogP contribution is -2.13. The molecule has 6 nitrogen and oxygen atoms in total. The summed E-state index contributed by atoms with van der Waals surface area (Å²) in [5.74, 6) is 0.516. The maximum atomic E-state index is 12.6. The molecule has 1 heterocycles. The van der Waals surface area contributed by atoms with Gasteiger partial charge in [-0.15, -0.1) is 11.3 Å². The molecule has 3 rings (SSSR count). The van der Waals surface area contributed by atoms with Crippen LogP contribution in [0.5, 0.6) is 11.5 Å². The van der Waals surface area contributed by atoms with Gasteiger partial charge in [0, 0.05) is 10.9 Å². The van der Waals surface area contributed by atoms with Gasteiger partial charge in [-0.2, -0.15) is 5.26 Å². The van der Waals surface area contributed by atoms with Crippen LogP contribution in [0.2, 0.25) is 0 Å². The van der Waals surface area contributed by atoms with Gasteiger partial charge in [-0.25, -0.2) is 4.98 Å². The summed E-state index contributed by atoms with van der Waals surface area (Å²) in [5, 5.41) is 14.4. The first-order valence-corrected chi connectivity index (χ1v) is 9.88. The average molecular weight is 417 g/mol. The van der Waals surface area contributed by atoms with Gasteiger partial charge in [0.15, 0.2) is 16.6 Å². The summed E-state index contributed by atoms with van der Waals surface area (Å²) in [5.41, 5.74) is 2.30. The van der Waals surface area contributed by atoms with Crippen LogP contribution >= 0.6 is 11.3 Å². The minimum absolute atomic E-state index is 0.0479. The lowest BCUT2D eigenvalue weighted by atomic mass is 10.1. The Morgan fingerprint density at radius 2 is 2.07 bits per heavy atom. The van der Waals surface area contributed by atoms with Gasteiger partial charge in [0.1, 0.15) is 18.2 Å². The third-order valence-corrected chi connectivity index (χ3v) is 4.77. The smallest absolute Gasteiger partial charge is 0.268 e. The average Bonchev–Trinajstić information content (AvgIpc) is 3.25. The van der Waals surface area contributed by atoms with Gasteiger partial charge in [-0.3, -0.25) is 10.1 Å². The van der Waals surface area contributed by atoms with E-state index >= 15 is 0 Å². The van der Waals surface area contributed by atoms with Crippen molar-refractivity contribution in [3.05, 3.63) is 77.7 Å². The SMILES string of the molecule is C=CCOc1ccc(/C=C(/C#N)C(=O)Nc2nc(-c3ccccc3)cs2)cc1OC. The van der Waals surface area contributed by atoms with E-state index in [-0.39, 0.29) is 5.57 Å². The fourth-order valence-corrected chi connectivity index (χ4v) is 3.31. The molecule has 1 aromatic heterocycles. The number of amides is 1. The van der Waals surface area contributed by atoms with E-state index in [1.54, 1.807) is 24.3 Å². The van der Waals surface area contributed by atoms with E-state index in [1.807, 2.05) is 41.8 Å².